The Morgan fingerprint density at radius 1 is 1.16 bits per heavy atom. The summed E-state index contributed by atoms with van der Waals surface area (Å²) < 4.78 is 59.0. The van der Waals surface area contributed by atoms with Crippen LogP contribution in [0.4, 0.5) is 29.2 Å². The second kappa shape index (κ2) is 7.68. The zero-order chi connectivity index (χ0) is 22.2. The molecule has 0 bridgehead atoms. The number of carbonyl (C=O) groups excluding carboxylic acids is 1. The van der Waals surface area contributed by atoms with Crippen LogP contribution in [0.1, 0.15) is 30.6 Å². The smallest absolute Gasteiger partial charge is 0.384 e. The van der Waals surface area contributed by atoms with E-state index >= 15 is 0 Å². The molecule has 0 spiro atoms. The molecule has 0 saturated heterocycles. The van der Waals surface area contributed by atoms with Crippen LogP contribution < -0.4 is 11.1 Å². The number of nitrogens with zero attached hydrogens (tertiary/aromatic N) is 2. The summed E-state index contributed by atoms with van der Waals surface area (Å²) in [5, 5.41) is 6.01. The molecular weight excluding hydrogens is 416 g/mol. The Morgan fingerprint density at radius 2 is 1.87 bits per heavy atom. The average molecular weight is 434 g/mol. The first-order valence-corrected chi connectivity index (χ1v) is 9.53. The number of alkyl halides is 3. The lowest BCUT2D eigenvalue weighted by molar-refractivity contribution is -0.218. The van der Waals surface area contributed by atoms with Gasteiger partial charge in [0.05, 0.1) is 6.42 Å². The maximum absolute atomic E-state index is 13.9. The van der Waals surface area contributed by atoms with Crippen LogP contribution in [0.3, 0.4) is 0 Å². The average Bonchev–Trinajstić information content (AvgIpc) is 3.08. The summed E-state index contributed by atoms with van der Waals surface area (Å²) in [7, 11) is 0. The van der Waals surface area contributed by atoms with Crippen LogP contribution in [-0.4, -0.2) is 22.2 Å². The van der Waals surface area contributed by atoms with Crippen molar-refractivity contribution in [2.75, 3.05) is 11.1 Å². The van der Waals surface area contributed by atoms with E-state index < -0.39 is 23.4 Å². The van der Waals surface area contributed by atoms with Crippen molar-refractivity contribution in [1.82, 2.24) is 10.1 Å². The quantitative estimate of drug-likeness (QED) is 0.451. The van der Waals surface area contributed by atoms with Crippen LogP contribution in [-0.2, 0) is 16.6 Å². The fourth-order valence-corrected chi connectivity index (χ4v) is 3.60. The molecule has 1 saturated carbocycles. The first-order chi connectivity index (χ1) is 14.7. The van der Waals surface area contributed by atoms with E-state index in [2.05, 4.69) is 15.5 Å². The van der Waals surface area contributed by atoms with Gasteiger partial charge in [0.15, 0.2) is 11.6 Å². The van der Waals surface area contributed by atoms with Gasteiger partial charge in [0.1, 0.15) is 11.2 Å². The van der Waals surface area contributed by atoms with Crippen LogP contribution in [0, 0.1) is 5.95 Å². The predicted molar refractivity (Wildman–Crippen MR) is 104 cm³/mol. The molecule has 1 aliphatic rings. The van der Waals surface area contributed by atoms with Gasteiger partial charge in [-0.2, -0.15) is 17.6 Å². The monoisotopic (exact) mass is 434 g/mol. The minimum absolute atomic E-state index is 0.0463. The minimum atomic E-state index is -4.44. The highest BCUT2D eigenvalue weighted by molar-refractivity contribution is 5.91. The number of nitrogens with two attached hydrogens (primary N) is 1. The molecule has 6 nitrogen and oxygen atoms in total. The van der Waals surface area contributed by atoms with Crippen molar-refractivity contribution >= 4 is 17.5 Å². The highest BCUT2D eigenvalue weighted by Crippen LogP contribution is 2.54. The van der Waals surface area contributed by atoms with Crippen molar-refractivity contribution in [3.05, 3.63) is 59.7 Å². The molecule has 0 unspecified atom stereocenters. The van der Waals surface area contributed by atoms with E-state index in [1.165, 1.54) is 12.1 Å². The lowest BCUT2D eigenvalue weighted by atomic mass is 9.66. The van der Waals surface area contributed by atoms with Crippen molar-refractivity contribution in [2.45, 2.75) is 37.3 Å². The normalized spacial score (nSPS) is 15.4. The number of anilines is 2. The Bertz CT molecular complexity index is 1110. The van der Waals surface area contributed by atoms with E-state index in [1.807, 2.05) is 0 Å². The Morgan fingerprint density at radius 3 is 2.45 bits per heavy atom. The van der Waals surface area contributed by atoms with Gasteiger partial charge in [-0.05, 0) is 36.1 Å². The number of amides is 1. The van der Waals surface area contributed by atoms with Crippen LogP contribution >= 0.6 is 0 Å². The van der Waals surface area contributed by atoms with Crippen molar-refractivity contribution in [3.63, 3.8) is 0 Å². The maximum atomic E-state index is 13.9. The Kier molecular flexibility index (Phi) is 5.16. The molecule has 4 rings (SSSR count). The minimum Gasteiger partial charge on any atom is -0.384 e. The first kappa shape index (κ1) is 20.8. The van der Waals surface area contributed by atoms with Crippen LogP contribution in [0.25, 0.3) is 11.1 Å². The van der Waals surface area contributed by atoms with Gasteiger partial charge in [-0.25, -0.2) is 4.98 Å². The molecule has 10 heteroatoms. The topological polar surface area (TPSA) is 94.0 Å². The number of nitrogen functional groups attached to an aromatic ring is 1. The number of hydrogen-bond acceptors (Lipinski definition) is 5. The summed E-state index contributed by atoms with van der Waals surface area (Å²) >= 11 is 0. The van der Waals surface area contributed by atoms with Crippen LogP contribution in [0.15, 0.2) is 47.0 Å². The standard InChI is InChI=1S/C21H18F4N4O2/c22-19-14(6-7-16(26)27-19)13-4-2-12(3-5-13)10-18(30)28-17-11-15(31-29-17)20(8-1-9-20)21(23,24)25/h2-7,11H,1,8-10H2,(H2,26,27)(H,28,29,30). The number of pyridine rings is 1. The molecule has 31 heavy (non-hydrogen) atoms. The number of aromatic nitrogens is 2. The number of hydrogen-bond donors (Lipinski definition) is 2. The molecule has 1 fully saturated rings. The fourth-order valence-electron chi connectivity index (χ4n) is 3.60. The molecule has 1 amide bonds. The van der Waals surface area contributed by atoms with E-state index in [-0.39, 0.29) is 42.2 Å². The van der Waals surface area contributed by atoms with E-state index in [9.17, 15) is 22.4 Å². The van der Waals surface area contributed by atoms with Gasteiger partial charge in [-0.3, -0.25) is 4.79 Å². The highest BCUT2D eigenvalue weighted by Gasteiger charge is 2.61. The maximum Gasteiger partial charge on any atom is 0.401 e. The van der Waals surface area contributed by atoms with Crippen LogP contribution in [0.2, 0.25) is 0 Å². The Hall–Kier alpha value is -3.43. The predicted octanol–water partition coefficient (Wildman–Crippen LogP) is 4.62. The summed E-state index contributed by atoms with van der Waals surface area (Å²) in [6.07, 6.45) is -4.15. The number of carbonyl (C=O) groups is 1. The Labute approximate surface area is 174 Å². The molecule has 2 aromatic heterocycles. The summed E-state index contributed by atoms with van der Waals surface area (Å²) in [5.41, 5.74) is 4.88. The third-order valence-corrected chi connectivity index (χ3v) is 5.50. The van der Waals surface area contributed by atoms with Crippen molar-refractivity contribution in [3.8, 4) is 11.1 Å². The van der Waals surface area contributed by atoms with Gasteiger partial charge in [0.2, 0.25) is 11.9 Å². The van der Waals surface area contributed by atoms with Crippen molar-refractivity contribution < 1.29 is 26.9 Å². The third kappa shape index (κ3) is 3.97. The summed E-state index contributed by atoms with van der Waals surface area (Å²) in [6.45, 7) is 0. The number of nitrogens with one attached hydrogen (secondary N) is 1. The molecule has 0 aliphatic heterocycles. The van der Waals surface area contributed by atoms with Crippen molar-refractivity contribution in [1.29, 1.82) is 0 Å². The lowest BCUT2D eigenvalue weighted by Crippen LogP contribution is -2.47. The molecular formula is C21H18F4N4O2. The van der Waals surface area contributed by atoms with Gasteiger partial charge < -0.3 is 15.6 Å². The van der Waals surface area contributed by atoms with Gasteiger partial charge in [0.25, 0.3) is 0 Å². The first-order valence-electron chi connectivity index (χ1n) is 9.53. The highest BCUT2D eigenvalue weighted by atomic mass is 19.4. The second-order valence-corrected chi connectivity index (χ2v) is 7.51. The third-order valence-electron chi connectivity index (χ3n) is 5.50. The Balaban J connectivity index is 1.41. The molecule has 0 radical (unpaired) electrons. The summed E-state index contributed by atoms with van der Waals surface area (Å²) in [5.74, 6) is -1.45. The molecule has 3 N–H and O–H groups in total. The number of halogens is 4. The van der Waals surface area contributed by atoms with Crippen molar-refractivity contribution in [2.24, 2.45) is 0 Å². The molecule has 3 aromatic rings. The van der Waals surface area contributed by atoms with Crippen LogP contribution in [0.5, 0.6) is 0 Å². The summed E-state index contributed by atoms with van der Waals surface area (Å²) in [4.78, 5) is 15.8. The van der Waals surface area contributed by atoms with Gasteiger partial charge in [0, 0.05) is 11.6 Å². The largest absolute Gasteiger partial charge is 0.401 e. The molecule has 0 atom stereocenters. The van der Waals surface area contributed by atoms with E-state index in [0.29, 0.717) is 17.5 Å². The second-order valence-electron chi connectivity index (χ2n) is 7.51. The van der Waals surface area contributed by atoms with Gasteiger partial charge in [-0.15, -0.1) is 0 Å². The van der Waals surface area contributed by atoms with Gasteiger partial charge >= 0.3 is 6.18 Å². The zero-order valence-corrected chi connectivity index (χ0v) is 16.2. The zero-order valence-electron chi connectivity index (χ0n) is 16.2. The van der Waals surface area contributed by atoms with Gasteiger partial charge in [-0.1, -0.05) is 35.8 Å². The van der Waals surface area contributed by atoms with E-state index in [1.54, 1.807) is 24.3 Å². The lowest BCUT2D eigenvalue weighted by Gasteiger charge is -2.40. The SMILES string of the molecule is Nc1ccc(-c2ccc(CC(=O)Nc3cc(C4(C(F)(F)F)CCC4)on3)cc2)c(F)n1. The molecule has 1 aromatic carbocycles. The number of rotatable bonds is 5. The summed E-state index contributed by atoms with van der Waals surface area (Å²) in [6, 6.07) is 10.7. The van der Waals surface area contributed by atoms with E-state index in [0.717, 1.165) is 6.07 Å². The molecule has 162 valence electrons. The molecule has 1 aliphatic carbocycles. The molecule has 2 heterocycles. The fraction of sp³-hybridized carbons (Fsp3) is 0.286. The number of benzene rings is 1. The van der Waals surface area contributed by atoms with E-state index in [4.69, 9.17) is 10.3 Å².